The Hall–Kier alpha value is -3.74. The molecule has 2 aliphatic heterocycles. The maximum absolute atomic E-state index is 13.4. The highest BCUT2D eigenvalue weighted by Crippen LogP contribution is 2.65. The van der Waals surface area contributed by atoms with Crippen molar-refractivity contribution in [2.45, 2.75) is 142 Å². The predicted molar refractivity (Wildman–Crippen MR) is 162 cm³/mol. The van der Waals surface area contributed by atoms with Crippen molar-refractivity contribution < 1.29 is 61.9 Å². The van der Waals surface area contributed by atoms with E-state index in [9.17, 15) is 28.8 Å². The molecular formula is C34H46O13. The lowest BCUT2D eigenvalue weighted by Gasteiger charge is -2.54. The first-order valence-electron chi connectivity index (χ1n) is 16.1. The highest BCUT2D eigenvalue weighted by Gasteiger charge is 2.87. The third kappa shape index (κ3) is 6.30. The zero-order valence-corrected chi connectivity index (χ0v) is 28.5. The summed E-state index contributed by atoms with van der Waals surface area (Å²) >= 11 is 0. The molecule has 0 N–H and O–H groups in total. The third-order valence-corrected chi connectivity index (χ3v) is 9.76. The maximum atomic E-state index is 13.4. The molecular weight excluding hydrogens is 616 g/mol. The van der Waals surface area contributed by atoms with E-state index in [4.69, 9.17) is 33.2 Å². The molecule has 13 nitrogen and oxygen atoms in total. The molecule has 47 heavy (non-hydrogen) atoms. The summed E-state index contributed by atoms with van der Waals surface area (Å²) in [4.78, 5) is 78.3. The number of esters is 6. The van der Waals surface area contributed by atoms with Gasteiger partial charge in [-0.25, -0.2) is 4.79 Å². The predicted octanol–water partition coefficient (Wildman–Crippen LogP) is 3.59. The van der Waals surface area contributed by atoms with Gasteiger partial charge < -0.3 is 33.2 Å². The second-order valence-corrected chi connectivity index (χ2v) is 13.2. The van der Waals surface area contributed by atoms with Gasteiger partial charge in [0, 0.05) is 46.0 Å². The van der Waals surface area contributed by atoms with Gasteiger partial charge in [0.05, 0.1) is 5.41 Å². The molecule has 0 radical (unpaired) electrons. The van der Waals surface area contributed by atoms with Crippen LogP contribution in [-0.4, -0.2) is 83.6 Å². The number of fused-ring (bicyclic) bond motifs is 1. The molecule has 10 unspecified atom stereocenters. The average molecular weight is 663 g/mol. The van der Waals surface area contributed by atoms with Crippen LogP contribution in [0.25, 0.3) is 0 Å². The minimum absolute atomic E-state index is 0.000254. The molecule has 4 aliphatic rings. The molecule has 0 amide bonds. The van der Waals surface area contributed by atoms with Crippen molar-refractivity contribution in [1.29, 1.82) is 0 Å². The van der Waals surface area contributed by atoms with Crippen LogP contribution in [0, 0.1) is 11.3 Å². The van der Waals surface area contributed by atoms with Gasteiger partial charge in [-0.15, -0.1) is 0 Å². The van der Waals surface area contributed by atoms with Crippen LogP contribution in [0.2, 0.25) is 0 Å². The van der Waals surface area contributed by atoms with Gasteiger partial charge in [0.15, 0.2) is 35.6 Å². The van der Waals surface area contributed by atoms with Gasteiger partial charge in [-0.2, -0.15) is 0 Å². The minimum atomic E-state index is -1.57. The molecule has 0 saturated carbocycles. The van der Waals surface area contributed by atoms with Crippen LogP contribution >= 0.6 is 0 Å². The summed E-state index contributed by atoms with van der Waals surface area (Å²) in [7, 11) is 0. The Bertz CT molecular complexity index is 1380. The van der Waals surface area contributed by atoms with Crippen LogP contribution in [0.5, 0.6) is 0 Å². The lowest BCUT2D eigenvalue weighted by Crippen LogP contribution is -2.66. The van der Waals surface area contributed by atoms with Crippen molar-refractivity contribution in [1.82, 2.24) is 0 Å². The summed E-state index contributed by atoms with van der Waals surface area (Å²) in [6.07, 6.45) is -3.27. The largest absolute Gasteiger partial charge is 0.461 e. The van der Waals surface area contributed by atoms with E-state index in [1.165, 1.54) is 26.8 Å². The summed E-state index contributed by atoms with van der Waals surface area (Å²) in [6.45, 7) is 13.8. The molecule has 2 heterocycles. The highest BCUT2D eigenvalue weighted by atomic mass is 16.7. The van der Waals surface area contributed by atoms with Crippen LogP contribution < -0.4 is 0 Å². The van der Waals surface area contributed by atoms with Crippen molar-refractivity contribution >= 4 is 35.8 Å². The topological polar surface area (TPSA) is 170 Å². The molecule has 2 saturated heterocycles. The number of epoxide rings is 1. The van der Waals surface area contributed by atoms with Gasteiger partial charge in [-0.3, -0.25) is 24.0 Å². The Morgan fingerprint density at radius 3 is 1.89 bits per heavy atom. The summed E-state index contributed by atoms with van der Waals surface area (Å²) in [5.74, 6) is -5.02. The van der Waals surface area contributed by atoms with E-state index in [1.807, 2.05) is 6.08 Å². The van der Waals surface area contributed by atoms with Gasteiger partial charge in [-0.05, 0) is 45.3 Å². The number of hydrogen-bond acceptors (Lipinski definition) is 13. The maximum Gasteiger partial charge on any atom is 0.342 e. The molecule has 0 aromatic carbocycles. The molecule has 13 heteroatoms. The van der Waals surface area contributed by atoms with Crippen LogP contribution in [0.15, 0.2) is 23.3 Å². The van der Waals surface area contributed by atoms with E-state index in [-0.39, 0.29) is 19.3 Å². The first-order chi connectivity index (χ1) is 22.0. The second-order valence-electron chi connectivity index (χ2n) is 13.2. The molecule has 260 valence electrons. The second kappa shape index (κ2) is 13.4. The minimum Gasteiger partial charge on any atom is -0.461 e. The summed E-state index contributed by atoms with van der Waals surface area (Å²) in [5, 5.41) is 0. The van der Waals surface area contributed by atoms with Gasteiger partial charge in [0.1, 0.15) is 12.2 Å². The van der Waals surface area contributed by atoms with Crippen LogP contribution in [0.1, 0.15) is 94.4 Å². The van der Waals surface area contributed by atoms with Crippen LogP contribution in [-0.2, 0) is 61.9 Å². The van der Waals surface area contributed by atoms with E-state index in [2.05, 4.69) is 0 Å². The van der Waals surface area contributed by atoms with E-state index < -0.39 is 95.0 Å². The van der Waals surface area contributed by atoms with E-state index in [0.29, 0.717) is 24.0 Å². The fourth-order valence-electron chi connectivity index (χ4n) is 7.64. The molecule has 0 aromatic rings. The summed E-state index contributed by atoms with van der Waals surface area (Å²) < 4.78 is 42.3. The lowest BCUT2D eigenvalue weighted by atomic mass is 9.56. The zero-order valence-electron chi connectivity index (χ0n) is 28.5. The van der Waals surface area contributed by atoms with Crippen molar-refractivity contribution in [3.05, 3.63) is 23.3 Å². The van der Waals surface area contributed by atoms with Gasteiger partial charge in [0.2, 0.25) is 0 Å². The van der Waals surface area contributed by atoms with Gasteiger partial charge in [-0.1, -0.05) is 32.4 Å². The number of rotatable bonds is 9. The monoisotopic (exact) mass is 662 g/mol. The third-order valence-electron chi connectivity index (χ3n) is 9.76. The summed E-state index contributed by atoms with van der Waals surface area (Å²) in [5.41, 5.74) is -3.71. The SMILES string of the molecule is CCCC(=O)OC1C(C)=CC2OC(=O)C3(C)OC23C(OC(C)=O)C2C(C)=CCC(OC(C)=O)C2(C)C(OC(C)=O)C1OC(=O)CCC. The van der Waals surface area contributed by atoms with Crippen molar-refractivity contribution in [3.8, 4) is 0 Å². The van der Waals surface area contributed by atoms with Gasteiger partial charge >= 0.3 is 35.8 Å². The van der Waals surface area contributed by atoms with E-state index >= 15 is 0 Å². The number of carbonyl (C=O) groups is 6. The average Bonchev–Trinajstić information content (AvgIpc) is 3.55. The Labute approximate surface area is 274 Å². The highest BCUT2D eigenvalue weighted by molar-refractivity contribution is 5.89. The Kier molecular flexibility index (Phi) is 10.3. The smallest absolute Gasteiger partial charge is 0.342 e. The fraction of sp³-hybridized carbons (Fsp3) is 0.706. The number of carbonyl (C=O) groups excluding carboxylic acids is 6. The Morgan fingerprint density at radius 2 is 1.36 bits per heavy atom. The van der Waals surface area contributed by atoms with Gasteiger partial charge in [0.25, 0.3) is 0 Å². The molecule has 10 atom stereocenters. The fourth-order valence-corrected chi connectivity index (χ4v) is 7.64. The first kappa shape index (κ1) is 36.1. The number of hydrogen-bond donors (Lipinski definition) is 0. The molecule has 2 aliphatic carbocycles. The van der Waals surface area contributed by atoms with E-state index in [1.54, 1.807) is 41.5 Å². The normalized spacial score (nSPS) is 37.3. The lowest BCUT2D eigenvalue weighted by molar-refractivity contribution is -0.224. The Balaban J connectivity index is 2.12. The Morgan fingerprint density at radius 1 is 0.809 bits per heavy atom. The summed E-state index contributed by atoms with van der Waals surface area (Å²) in [6, 6.07) is 0. The zero-order chi connectivity index (χ0) is 35.1. The van der Waals surface area contributed by atoms with Crippen molar-refractivity contribution in [2.75, 3.05) is 0 Å². The van der Waals surface area contributed by atoms with Crippen molar-refractivity contribution in [2.24, 2.45) is 11.3 Å². The standard InChI is InChI=1S/C34H46O13/c1-10-12-24(38)45-27-18(4)16-23-34(33(9,47-34)31(40)44-23)29(42-20(6)36)26-17(3)14-15-22(41-19(5)35)32(26,8)30(43-21(7)37)28(27)46-25(39)13-11-2/h14,16,22-23,26-30H,10-13,15H2,1-9H3. The van der Waals surface area contributed by atoms with E-state index in [0.717, 1.165) is 0 Å². The first-order valence-corrected chi connectivity index (χ1v) is 16.1. The van der Waals surface area contributed by atoms with Crippen LogP contribution in [0.3, 0.4) is 0 Å². The molecule has 1 spiro atoms. The molecule has 2 fully saturated rings. The molecule has 0 aromatic heterocycles. The molecule has 0 bridgehead atoms. The quantitative estimate of drug-likeness (QED) is 0.152. The number of ether oxygens (including phenoxy) is 7. The molecule has 4 rings (SSSR count). The van der Waals surface area contributed by atoms with Crippen LogP contribution in [0.4, 0.5) is 0 Å². The van der Waals surface area contributed by atoms with Crippen molar-refractivity contribution in [3.63, 3.8) is 0 Å².